The fourth-order valence-electron chi connectivity index (χ4n) is 3.00. The van der Waals surface area contributed by atoms with Gasteiger partial charge < -0.3 is 10.2 Å². The van der Waals surface area contributed by atoms with Gasteiger partial charge in [0.1, 0.15) is 0 Å². The number of rotatable bonds is 5. The van der Waals surface area contributed by atoms with E-state index in [9.17, 15) is 18.4 Å². The van der Waals surface area contributed by atoms with Gasteiger partial charge in [-0.2, -0.15) is 0 Å². The predicted octanol–water partition coefficient (Wildman–Crippen LogP) is 3.58. The third-order valence-electron chi connectivity index (χ3n) is 4.55. The Hall–Kier alpha value is -2.76. The minimum absolute atomic E-state index is 0.159. The summed E-state index contributed by atoms with van der Waals surface area (Å²) in [4.78, 5) is 25.8. The van der Waals surface area contributed by atoms with Crippen LogP contribution in [-0.2, 0) is 11.3 Å². The molecule has 1 aliphatic heterocycles. The molecule has 0 radical (unpaired) electrons. The van der Waals surface area contributed by atoms with Crippen LogP contribution in [0.5, 0.6) is 0 Å². The van der Waals surface area contributed by atoms with E-state index in [1.807, 2.05) is 12.1 Å². The lowest BCUT2D eigenvalue weighted by Gasteiger charge is -2.16. The van der Waals surface area contributed by atoms with E-state index in [-0.39, 0.29) is 11.8 Å². The number of nitrogens with zero attached hydrogens (tertiary/aromatic N) is 1. The van der Waals surface area contributed by atoms with Crippen LogP contribution in [0.3, 0.4) is 0 Å². The van der Waals surface area contributed by atoms with E-state index in [4.69, 9.17) is 0 Å². The molecule has 0 saturated carbocycles. The molecule has 2 aromatic carbocycles. The average Bonchev–Trinajstić information content (AvgIpc) is 3.02. The van der Waals surface area contributed by atoms with Crippen LogP contribution in [0.15, 0.2) is 42.5 Å². The lowest BCUT2D eigenvalue weighted by Crippen LogP contribution is -2.27. The number of carbonyl (C=O) groups excluding carboxylic acids is 2. The third-order valence-corrected chi connectivity index (χ3v) is 4.55. The summed E-state index contributed by atoms with van der Waals surface area (Å²) in [6.45, 7) is 3.02. The Bertz CT molecular complexity index is 821. The summed E-state index contributed by atoms with van der Waals surface area (Å²) in [7, 11) is 0. The van der Waals surface area contributed by atoms with Gasteiger partial charge in [0, 0.05) is 25.1 Å². The molecule has 1 heterocycles. The molecule has 4 nitrogen and oxygen atoms in total. The van der Waals surface area contributed by atoms with Gasteiger partial charge in [-0.25, -0.2) is 8.78 Å². The van der Waals surface area contributed by atoms with Crippen molar-refractivity contribution in [1.82, 2.24) is 10.2 Å². The summed E-state index contributed by atoms with van der Waals surface area (Å²) in [6.07, 6.45) is 1.49. The van der Waals surface area contributed by atoms with Crippen molar-refractivity contribution < 1.29 is 18.4 Å². The molecule has 136 valence electrons. The van der Waals surface area contributed by atoms with Crippen LogP contribution >= 0.6 is 0 Å². The molecule has 1 aliphatic rings. The molecule has 6 heteroatoms. The summed E-state index contributed by atoms with van der Waals surface area (Å²) < 4.78 is 26.3. The highest BCUT2D eigenvalue weighted by Crippen LogP contribution is 2.18. The second-order valence-corrected chi connectivity index (χ2v) is 6.48. The molecular formula is C20H20F2N2O2. The number of likely N-dealkylation sites (tertiary alicyclic amines) is 1. The van der Waals surface area contributed by atoms with Gasteiger partial charge in [0.15, 0.2) is 11.6 Å². The van der Waals surface area contributed by atoms with Gasteiger partial charge in [-0.3, -0.25) is 9.59 Å². The van der Waals surface area contributed by atoms with E-state index in [2.05, 4.69) is 5.32 Å². The number of benzene rings is 2. The van der Waals surface area contributed by atoms with Crippen molar-refractivity contribution in [3.05, 3.63) is 70.8 Å². The zero-order valence-electron chi connectivity index (χ0n) is 14.5. The number of carbonyl (C=O) groups is 2. The first kappa shape index (κ1) is 18.0. The molecule has 2 aromatic rings. The summed E-state index contributed by atoms with van der Waals surface area (Å²) in [5.74, 6) is -2.00. The first-order valence-electron chi connectivity index (χ1n) is 8.56. The quantitative estimate of drug-likeness (QED) is 0.888. The molecule has 1 saturated heterocycles. The number of amides is 2. The zero-order valence-corrected chi connectivity index (χ0v) is 14.5. The standard InChI is InChI=1S/C20H20F2N2O2/c1-13(16-8-9-17(21)18(22)11-16)23-20(26)15-6-4-14(5-7-15)12-24-10-2-3-19(24)25/h4-9,11,13H,2-3,10,12H2,1H3,(H,23,26)/t13-/m0/s1. The zero-order chi connectivity index (χ0) is 18.7. The van der Waals surface area contributed by atoms with Crippen molar-refractivity contribution in [3.8, 4) is 0 Å². The number of hydrogen-bond donors (Lipinski definition) is 1. The number of nitrogens with one attached hydrogen (secondary N) is 1. The predicted molar refractivity (Wildman–Crippen MR) is 93.3 cm³/mol. The van der Waals surface area contributed by atoms with E-state index >= 15 is 0 Å². The lowest BCUT2D eigenvalue weighted by molar-refractivity contribution is -0.128. The maximum Gasteiger partial charge on any atom is 0.251 e. The largest absolute Gasteiger partial charge is 0.346 e. The van der Waals surface area contributed by atoms with Gasteiger partial charge in [0.2, 0.25) is 5.91 Å². The second kappa shape index (κ2) is 7.64. The molecule has 0 aromatic heterocycles. The topological polar surface area (TPSA) is 49.4 Å². The minimum atomic E-state index is -0.940. The summed E-state index contributed by atoms with van der Waals surface area (Å²) in [6, 6.07) is 10.1. The Balaban J connectivity index is 1.62. The molecule has 3 rings (SSSR count). The smallest absolute Gasteiger partial charge is 0.251 e. The fraction of sp³-hybridized carbons (Fsp3) is 0.300. The van der Waals surface area contributed by atoms with Crippen LogP contribution < -0.4 is 5.32 Å². The Labute approximate surface area is 150 Å². The lowest BCUT2D eigenvalue weighted by atomic mass is 10.1. The highest BCUT2D eigenvalue weighted by Gasteiger charge is 2.20. The first-order chi connectivity index (χ1) is 12.4. The Morgan fingerprint density at radius 3 is 2.50 bits per heavy atom. The maximum atomic E-state index is 13.3. The molecule has 0 spiro atoms. The first-order valence-corrected chi connectivity index (χ1v) is 8.56. The second-order valence-electron chi connectivity index (χ2n) is 6.48. The molecular weight excluding hydrogens is 338 g/mol. The van der Waals surface area contributed by atoms with Crippen molar-refractivity contribution in [1.29, 1.82) is 0 Å². The van der Waals surface area contributed by atoms with Crippen molar-refractivity contribution in [2.75, 3.05) is 6.54 Å². The van der Waals surface area contributed by atoms with E-state index in [1.165, 1.54) is 6.07 Å². The van der Waals surface area contributed by atoms with Crippen molar-refractivity contribution in [2.45, 2.75) is 32.4 Å². The van der Waals surface area contributed by atoms with Crippen molar-refractivity contribution in [3.63, 3.8) is 0 Å². The molecule has 1 N–H and O–H groups in total. The summed E-state index contributed by atoms with van der Waals surface area (Å²) in [5, 5.41) is 2.77. The van der Waals surface area contributed by atoms with E-state index in [0.717, 1.165) is 30.7 Å². The van der Waals surface area contributed by atoms with Gasteiger partial charge in [-0.05, 0) is 48.7 Å². The van der Waals surface area contributed by atoms with Gasteiger partial charge in [0.05, 0.1) is 6.04 Å². The normalized spacial score (nSPS) is 15.2. The van der Waals surface area contributed by atoms with E-state index in [0.29, 0.717) is 24.1 Å². The molecule has 1 fully saturated rings. The Morgan fingerprint density at radius 2 is 1.88 bits per heavy atom. The average molecular weight is 358 g/mol. The molecule has 2 amide bonds. The van der Waals surface area contributed by atoms with Crippen LogP contribution in [-0.4, -0.2) is 23.3 Å². The van der Waals surface area contributed by atoms with Crippen LogP contribution in [0.25, 0.3) is 0 Å². The van der Waals surface area contributed by atoms with Crippen LogP contribution in [0, 0.1) is 11.6 Å². The Kier molecular flexibility index (Phi) is 5.30. The SMILES string of the molecule is C[C@H](NC(=O)c1ccc(CN2CCCC2=O)cc1)c1ccc(F)c(F)c1. The fourth-order valence-corrected chi connectivity index (χ4v) is 3.00. The van der Waals surface area contributed by atoms with Crippen LogP contribution in [0.1, 0.15) is 47.3 Å². The maximum absolute atomic E-state index is 13.3. The van der Waals surface area contributed by atoms with E-state index in [1.54, 1.807) is 24.0 Å². The van der Waals surface area contributed by atoms with Gasteiger partial charge in [-0.1, -0.05) is 18.2 Å². The number of halogens is 2. The minimum Gasteiger partial charge on any atom is -0.346 e. The van der Waals surface area contributed by atoms with E-state index < -0.39 is 17.7 Å². The van der Waals surface area contributed by atoms with Gasteiger partial charge in [0.25, 0.3) is 5.91 Å². The number of hydrogen-bond acceptors (Lipinski definition) is 2. The molecule has 1 atom stereocenters. The molecule has 0 aliphatic carbocycles. The molecule has 0 bridgehead atoms. The van der Waals surface area contributed by atoms with Crippen molar-refractivity contribution >= 4 is 11.8 Å². The molecule has 26 heavy (non-hydrogen) atoms. The highest BCUT2D eigenvalue weighted by atomic mass is 19.2. The molecule has 0 unspecified atom stereocenters. The summed E-state index contributed by atoms with van der Waals surface area (Å²) >= 11 is 0. The third kappa shape index (κ3) is 4.07. The summed E-state index contributed by atoms with van der Waals surface area (Å²) in [5.41, 5.74) is 1.92. The Morgan fingerprint density at radius 1 is 1.15 bits per heavy atom. The van der Waals surface area contributed by atoms with Gasteiger partial charge >= 0.3 is 0 Å². The van der Waals surface area contributed by atoms with Gasteiger partial charge in [-0.15, -0.1) is 0 Å². The van der Waals surface area contributed by atoms with Crippen LogP contribution in [0.2, 0.25) is 0 Å². The highest BCUT2D eigenvalue weighted by molar-refractivity contribution is 5.94. The van der Waals surface area contributed by atoms with Crippen LogP contribution in [0.4, 0.5) is 8.78 Å². The van der Waals surface area contributed by atoms with Crippen molar-refractivity contribution in [2.24, 2.45) is 0 Å². The monoisotopic (exact) mass is 358 g/mol.